The van der Waals surface area contributed by atoms with Gasteiger partial charge in [0.05, 0.1) is 46.2 Å². The molecule has 3 heterocycles. The molecule has 7 N–H and O–H groups in total. The van der Waals surface area contributed by atoms with Gasteiger partial charge in [0.1, 0.15) is 73.2 Å². The zero-order valence-electron chi connectivity index (χ0n) is 34.0. The molecule has 7 rings (SSSR count). The first kappa shape index (κ1) is 46.2. The molecule has 0 aliphatic carbocycles. The van der Waals surface area contributed by atoms with E-state index in [1.54, 1.807) is 0 Å². The highest BCUT2D eigenvalue weighted by Gasteiger charge is 2.50. The molecule has 0 saturated carbocycles. The molecule has 3 aliphatic heterocycles. The fourth-order valence-electron chi connectivity index (χ4n) is 7.54. The molecule has 3 aliphatic rings. The zero-order chi connectivity index (χ0) is 43.4. The Hall–Kier alpha value is -3.76. The van der Waals surface area contributed by atoms with E-state index in [1.165, 1.54) is 0 Å². The minimum absolute atomic E-state index is 0.0316. The van der Waals surface area contributed by atoms with E-state index in [9.17, 15) is 35.7 Å². The van der Waals surface area contributed by atoms with Gasteiger partial charge in [0.15, 0.2) is 18.9 Å². The van der Waals surface area contributed by atoms with E-state index >= 15 is 0 Å². The first-order chi connectivity index (χ1) is 30.2. The van der Waals surface area contributed by atoms with E-state index < -0.39 is 105 Å². The maximum Gasteiger partial charge on any atom is 0.186 e. The highest BCUT2D eigenvalue weighted by Crippen LogP contribution is 2.30. The van der Waals surface area contributed by atoms with Crippen molar-refractivity contribution in [2.24, 2.45) is 0 Å². The van der Waals surface area contributed by atoms with Crippen LogP contribution in [0.3, 0.4) is 0 Å². The number of benzene rings is 4. The SMILES string of the molecule is OC1COC(OC2COC(OC3COC(O)C(OCc4ccccc4)C(OCc4ccccc4)C3O)C(O)C(O)C2O)C(O)C(OCc2ccccc2)C1OCc1ccccc1. The summed E-state index contributed by atoms with van der Waals surface area (Å²) >= 11 is 0. The van der Waals surface area contributed by atoms with Crippen LogP contribution in [-0.2, 0) is 69.1 Å². The van der Waals surface area contributed by atoms with Crippen molar-refractivity contribution < 1.29 is 78.4 Å². The van der Waals surface area contributed by atoms with Crippen LogP contribution < -0.4 is 0 Å². The molecule has 0 radical (unpaired) electrons. The largest absolute Gasteiger partial charge is 0.388 e. The Morgan fingerprint density at radius 3 is 1.23 bits per heavy atom. The molecule has 3 fully saturated rings. The Kier molecular flexibility index (Phi) is 17.0. The molecule has 0 aromatic heterocycles. The highest BCUT2D eigenvalue weighted by molar-refractivity contribution is 5.16. The third-order valence-corrected chi connectivity index (χ3v) is 11.0. The van der Waals surface area contributed by atoms with E-state index in [0.29, 0.717) is 0 Å². The lowest BCUT2D eigenvalue weighted by atomic mass is 10.0. The number of ether oxygens (including phenoxy) is 9. The molecular formula is C46H56O16. The van der Waals surface area contributed by atoms with E-state index in [2.05, 4.69) is 0 Å². The summed E-state index contributed by atoms with van der Waals surface area (Å²) < 4.78 is 54.2. The standard InChI is InChI=1S/C46H56O16/c47-32-25-59-46(39(52)42(56-23-30-17-9-3-10-18-30)40(32)54-21-28-13-5-1-6-14-28)61-33-27-60-45(38(51)37(50)35(33)48)62-34-26-58-44(53)43(57-24-31-19-11-4-12-20-31)41(36(34)49)55-22-29-15-7-2-8-16-29/h1-20,32-53H,21-27H2. The average molecular weight is 865 g/mol. The van der Waals surface area contributed by atoms with Crippen molar-refractivity contribution in [3.05, 3.63) is 144 Å². The van der Waals surface area contributed by atoms with E-state index in [0.717, 1.165) is 22.3 Å². The highest BCUT2D eigenvalue weighted by atomic mass is 16.7. The summed E-state index contributed by atoms with van der Waals surface area (Å²) in [6.07, 6.45) is -22.3. The minimum Gasteiger partial charge on any atom is -0.388 e. The van der Waals surface area contributed by atoms with Crippen LogP contribution in [-0.4, -0.2) is 148 Å². The van der Waals surface area contributed by atoms with Gasteiger partial charge >= 0.3 is 0 Å². The molecule has 4 aromatic rings. The van der Waals surface area contributed by atoms with Gasteiger partial charge in [-0.15, -0.1) is 0 Å². The normalized spacial score (nSPS) is 34.5. The van der Waals surface area contributed by atoms with Crippen LogP contribution in [0.15, 0.2) is 121 Å². The van der Waals surface area contributed by atoms with Gasteiger partial charge in [-0.05, 0) is 22.3 Å². The minimum atomic E-state index is -1.94. The molecule has 4 aromatic carbocycles. The third-order valence-electron chi connectivity index (χ3n) is 11.0. The molecule has 16 heteroatoms. The van der Waals surface area contributed by atoms with E-state index in [1.807, 2.05) is 121 Å². The van der Waals surface area contributed by atoms with Gasteiger partial charge in [0.25, 0.3) is 0 Å². The van der Waals surface area contributed by atoms with Crippen LogP contribution in [0.5, 0.6) is 0 Å². The lowest BCUT2D eigenvalue weighted by Gasteiger charge is -2.34. The van der Waals surface area contributed by atoms with Crippen LogP contribution in [0.25, 0.3) is 0 Å². The molecule has 0 bridgehead atoms. The van der Waals surface area contributed by atoms with Crippen molar-refractivity contribution in [1.82, 2.24) is 0 Å². The molecule has 0 amide bonds. The summed E-state index contributed by atoms with van der Waals surface area (Å²) in [6, 6.07) is 36.9. The molecule has 0 spiro atoms. The number of aliphatic hydroxyl groups is 7. The Balaban J connectivity index is 1.04. The van der Waals surface area contributed by atoms with Crippen LogP contribution >= 0.6 is 0 Å². The fraction of sp³-hybridized carbons (Fsp3) is 0.478. The average Bonchev–Trinajstić information content (AvgIpc) is 3.54. The second-order valence-corrected chi connectivity index (χ2v) is 15.5. The predicted molar refractivity (Wildman–Crippen MR) is 217 cm³/mol. The molecule has 336 valence electrons. The van der Waals surface area contributed by atoms with Gasteiger partial charge in [0.2, 0.25) is 0 Å². The molecule has 15 unspecified atom stereocenters. The van der Waals surface area contributed by atoms with Gasteiger partial charge in [-0.3, -0.25) is 0 Å². The Morgan fingerprint density at radius 2 is 0.742 bits per heavy atom. The quantitative estimate of drug-likeness (QED) is 0.0844. The second kappa shape index (κ2) is 22.7. The summed E-state index contributed by atoms with van der Waals surface area (Å²) in [5.41, 5.74) is 3.20. The van der Waals surface area contributed by atoms with Crippen molar-refractivity contribution in [2.75, 3.05) is 19.8 Å². The summed E-state index contributed by atoms with van der Waals surface area (Å²) in [6.45, 7) is -1.06. The number of hydrogen-bond acceptors (Lipinski definition) is 16. The van der Waals surface area contributed by atoms with Crippen molar-refractivity contribution in [2.45, 2.75) is 119 Å². The first-order valence-corrected chi connectivity index (χ1v) is 20.7. The monoisotopic (exact) mass is 864 g/mol. The third kappa shape index (κ3) is 12.1. The smallest absolute Gasteiger partial charge is 0.186 e. The van der Waals surface area contributed by atoms with Crippen LogP contribution in [0, 0.1) is 0 Å². The molecule has 15 atom stereocenters. The predicted octanol–water partition coefficient (Wildman–Crippen LogP) is 1.33. The van der Waals surface area contributed by atoms with E-state index in [4.69, 9.17) is 42.6 Å². The summed E-state index contributed by atoms with van der Waals surface area (Å²) in [7, 11) is 0. The van der Waals surface area contributed by atoms with Gasteiger partial charge < -0.3 is 78.4 Å². The Morgan fingerprint density at radius 1 is 0.371 bits per heavy atom. The maximum absolute atomic E-state index is 11.8. The molecular weight excluding hydrogens is 808 g/mol. The van der Waals surface area contributed by atoms with E-state index in [-0.39, 0.29) is 33.0 Å². The molecule has 16 nitrogen and oxygen atoms in total. The van der Waals surface area contributed by atoms with Gasteiger partial charge in [-0.1, -0.05) is 121 Å². The maximum atomic E-state index is 11.8. The van der Waals surface area contributed by atoms with Gasteiger partial charge in [-0.2, -0.15) is 0 Å². The molecule has 62 heavy (non-hydrogen) atoms. The van der Waals surface area contributed by atoms with Crippen LogP contribution in [0.2, 0.25) is 0 Å². The van der Waals surface area contributed by atoms with Crippen molar-refractivity contribution >= 4 is 0 Å². The number of rotatable bonds is 16. The molecule has 3 saturated heterocycles. The lowest BCUT2D eigenvalue weighted by Crippen LogP contribution is -2.53. The summed E-state index contributed by atoms with van der Waals surface area (Å²) in [5.74, 6) is 0. The Bertz CT molecular complexity index is 1730. The lowest BCUT2D eigenvalue weighted by molar-refractivity contribution is -0.267. The number of aliphatic hydroxyl groups excluding tert-OH is 7. The Labute approximate surface area is 359 Å². The van der Waals surface area contributed by atoms with Crippen molar-refractivity contribution in [3.8, 4) is 0 Å². The van der Waals surface area contributed by atoms with Crippen molar-refractivity contribution in [1.29, 1.82) is 0 Å². The summed E-state index contributed by atoms with van der Waals surface area (Å²) in [5, 5.41) is 79.8. The zero-order valence-corrected chi connectivity index (χ0v) is 34.0. The number of hydrogen-bond donors (Lipinski definition) is 7. The van der Waals surface area contributed by atoms with Crippen LogP contribution in [0.4, 0.5) is 0 Å². The van der Waals surface area contributed by atoms with Crippen LogP contribution in [0.1, 0.15) is 22.3 Å². The fourth-order valence-corrected chi connectivity index (χ4v) is 7.54. The van der Waals surface area contributed by atoms with Crippen molar-refractivity contribution in [3.63, 3.8) is 0 Å². The van der Waals surface area contributed by atoms with Gasteiger partial charge in [0, 0.05) is 0 Å². The first-order valence-electron chi connectivity index (χ1n) is 20.7. The summed E-state index contributed by atoms with van der Waals surface area (Å²) in [4.78, 5) is 0. The van der Waals surface area contributed by atoms with Gasteiger partial charge in [-0.25, -0.2) is 0 Å². The topological polar surface area (TPSA) is 225 Å². The second-order valence-electron chi connectivity index (χ2n) is 15.5.